The van der Waals surface area contributed by atoms with Gasteiger partial charge < -0.3 is 5.32 Å². The molecule has 1 fully saturated rings. The standard InChI is InChI=1S/C9H17NO/c1-7(6-10-2)9(11)8-4-3-5-8/h7-8,10H,3-6H2,1-2H3. The summed E-state index contributed by atoms with van der Waals surface area (Å²) >= 11 is 0. The second-order valence-corrected chi connectivity index (χ2v) is 3.49. The van der Waals surface area contributed by atoms with E-state index in [0.29, 0.717) is 11.7 Å². The topological polar surface area (TPSA) is 29.1 Å². The van der Waals surface area contributed by atoms with Crippen LogP contribution < -0.4 is 5.32 Å². The Morgan fingerprint density at radius 1 is 1.64 bits per heavy atom. The second kappa shape index (κ2) is 3.86. The van der Waals surface area contributed by atoms with Crippen LogP contribution in [0.4, 0.5) is 0 Å². The van der Waals surface area contributed by atoms with Gasteiger partial charge in [0.25, 0.3) is 0 Å². The molecule has 0 radical (unpaired) electrons. The highest BCUT2D eigenvalue weighted by Gasteiger charge is 2.28. The maximum Gasteiger partial charge on any atom is 0.140 e. The van der Waals surface area contributed by atoms with Crippen LogP contribution in [-0.4, -0.2) is 19.4 Å². The van der Waals surface area contributed by atoms with Gasteiger partial charge in [-0.3, -0.25) is 4.79 Å². The molecule has 1 aliphatic rings. The van der Waals surface area contributed by atoms with Crippen LogP contribution in [0.1, 0.15) is 26.2 Å². The minimum Gasteiger partial charge on any atom is -0.319 e. The number of ketones is 1. The Kier molecular flexibility index (Phi) is 3.06. The van der Waals surface area contributed by atoms with Crippen LogP contribution in [0.2, 0.25) is 0 Å². The van der Waals surface area contributed by atoms with Gasteiger partial charge in [-0.1, -0.05) is 13.3 Å². The normalized spacial score (nSPS) is 20.9. The van der Waals surface area contributed by atoms with E-state index in [4.69, 9.17) is 0 Å². The zero-order valence-electron chi connectivity index (χ0n) is 7.39. The van der Waals surface area contributed by atoms with Crippen molar-refractivity contribution in [2.75, 3.05) is 13.6 Å². The number of nitrogens with one attached hydrogen (secondary N) is 1. The minimum absolute atomic E-state index is 0.213. The largest absolute Gasteiger partial charge is 0.319 e. The summed E-state index contributed by atoms with van der Waals surface area (Å²) in [6.45, 7) is 2.84. The highest BCUT2D eigenvalue weighted by Crippen LogP contribution is 2.29. The van der Waals surface area contributed by atoms with Crippen LogP contribution in [-0.2, 0) is 4.79 Å². The number of carbonyl (C=O) groups is 1. The molecule has 0 bridgehead atoms. The molecule has 0 spiro atoms. The van der Waals surface area contributed by atoms with Crippen molar-refractivity contribution in [2.24, 2.45) is 11.8 Å². The number of rotatable bonds is 4. The van der Waals surface area contributed by atoms with Gasteiger partial charge in [-0.15, -0.1) is 0 Å². The number of carbonyl (C=O) groups excluding carboxylic acids is 1. The third kappa shape index (κ3) is 2.03. The molecule has 0 heterocycles. The van der Waals surface area contributed by atoms with Gasteiger partial charge in [-0.25, -0.2) is 0 Å². The molecule has 1 N–H and O–H groups in total. The molecule has 0 aromatic carbocycles. The summed E-state index contributed by atoms with van der Waals surface area (Å²) in [7, 11) is 1.89. The molecular weight excluding hydrogens is 138 g/mol. The first-order chi connectivity index (χ1) is 5.25. The molecule has 0 aromatic rings. The van der Waals surface area contributed by atoms with Gasteiger partial charge in [0, 0.05) is 18.4 Å². The summed E-state index contributed by atoms with van der Waals surface area (Å²) in [6.07, 6.45) is 3.52. The van der Waals surface area contributed by atoms with Gasteiger partial charge in [0.2, 0.25) is 0 Å². The van der Waals surface area contributed by atoms with Gasteiger partial charge in [-0.05, 0) is 19.9 Å². The molecule has 11 heavy (non-hydrogen) atoms. The van der Waals surface area contributed by atoms with E-state index in [2.05, 4.69) is 5.32 Å². The maximum absolute atomic E-state index is 11.5. The third-order valence-electron chi connectivity index (χ3n) is 2.50. The molecule has 0 aromatic heterocycles. The van der Waals surface area contributed by atoms with Crippen molar-refractivity contribution in [1.29, 1.82) is 0 Å². The Balaban J connectivity index is 2.27. The predicted octanol–water partition coefficient (Wildman–Crippen LogP) is 1.21. The highest BCUT2D eigenvalue weighted by molar-refractivity contribution is 5.83. The summed E-state index contributed by atoms with van der Waals surface area (Å²) in [5.41, 5.74) is 0. The Labute approximate surface area is 68.4 Å². The molecule has 1 aliphatic carbocycles. The van der Waals surface area contributed by atoms with Crippen molar-refractivity contribution in [1.82, 2.24) is 5.32 Å². The Morgan fingerprint density at radius 2 is 2.27 bits per heavy atom. The lowest BCUT2D eigenvalue weighted by Crippen LogP contribution is -2.32. The van der Waals surface area contributed by atoms with Crippen molar-refractivity contribution in [3.63, 3.8) is 0 Å². The highest BCUT2D eigenvalue weighted by atomic mass is 16.1. The first kappa shape index (κ1) is 8.72. The fraction of sp³-hybridized carbons (Fsp3) is 0.889. The van der Waals surface area contributed by atoms with E-state index in [-0.39, 0.29) is 5.92 Å². The van der Waals surface area contributed by atoms with Crippen LogP contribution in [0.5, 0.6) is 0 Å². The fourth-order valence-corrected chi connectivity index (χ4v) is 1.50. The number of Topliss-reactive ketones (excluding diaryl/α,β-unsaturated/α-hetero) is 1. The van der Waals surface area contributed by atoms with E-state index in [1.165, 1.54) is 6.42 Å². The monoisotopic (exact) mass is 155 g/mol. The Hall–Kier alpha value is -0.370. The summed E-state index contributed by atoms with van der Waals surface area (Å²) in [5, 5.41) is 3.03. The number of hydrogen-bond acceptors (Lipinski definition) is 2. The molecule has 1 saturated carbocycles. The van der Waals surface area contributed by atoms with Gasteiger partial charge in [-0.2, -0.15) is 0 Å². The zero-order valence-corrected chi connectivity index (χ0v) is 7.39. The first-order valence-corrected chi connectivity index (χ1v) is 4.44. The Bertz CT molecular complexity index is 140. The third-order valence-corrected chi connectivity index (χ3v) is 2.50. The second-order valence-electron chi connectivity index (χ2n) is 3.49. The van der Waals surface area contributed by atoms with Crippen molar-refractivity contribution in [3.05, 3.63) is 0 Å². The molecule has 0 amide bonds. The summed E-state index contributed by atoms with van der Waals surface area (Å²) in [6, 6.07) is 0. The van der Waals surface area contributed by atoms with E-state index in [1.54, 1.807) is 0 Å². The lowest BCUT2D eigenvalue weighted by atomic mass is 9.78. The SMILES string of the molecule is CNCC(C)C(=O)C1CCC1. The molecule has 1 atom stereocenters. The van der Waals surface area contributed by atoms with Crippen molar-refractivity contribution >= 4 is 5.78 Å². The summed E-state index contributed by atoms with van der Waals surface area (Å²) in [4.78, 5) is 11.5. The fourth-order valence-electron chi connectivity index (χ4n) is 1.50. The van der Waals surface area contributed by atoms with Crippen LogP contribution in [0.15, 0.2) is 0 Å². The van der Waals surface area contributed by atoms with Crippen LogP contribution in [0, 0.1) is 11.8 Å². The van der Waals surface area contributed by atoms with Gasteiger partial charge in [0.15, 0.2) is 0 Å². The van der Waals surface area contributed by atoms with E-state index >= 15 is 0 Å². The Morgan fingerprint density at radius 3 is 2.64 bits per heavy atom. The first-order valence-electron chi connectivity index (χ1n) is 4.44. The van der Waals surface area contributed by atoms with Crippen molar-refractivity contribution in [3.8, 4) is 0 Å². The maximum atomic E-state index is 11.5. The molecule has 0 aliphatic heterocycles. The van der Waals surface area contributed by atoms with Crippen LogP contribution in [0.3, 0.4) is 0 Å². The van der Waals surface area contributed by atoms with E-state index in [0.717, 1.165) is 19.4 Å². The van der Waals surface area contributed by atoms with E-state index in [9.17, 15) is 4.79 Å². The average molecular weight is 155 g/mol. The minimum atomic E-state index is 0.213. The molecule has 2 nitrogen and oxygen atoms in total. The summed E-state index contributed by atoms with van der Waals surface area (Å²) < 4.78 is 0. The lowest BCUT2D eigenvalue weighted by Gasteiger charge is -2.26. The molecule has 2 heteroatoms. The quantitative estimate of drug-likeness (QED) is 0.661. The smallest absolute Gasteiger partial charge is 0.140 e. The summed E-state index contributed by atoms with van der Waals surface area (Å²) in [5.74, 6) is 1.08. The van der Waals surface area contributed by atoms with Crippen molar-refractivity contribution < 1.29 is 4.79 Å². The predicted molar refractivity (Wildman–Crippen MR) is 45.4 cm³/mol. The number of hydrogen-bond donors (Lipinski definition) is 1. The van der Waals surface area contributed by atoms with Crippen molar-refractivity contribution in [2.45, 2.75) is 26.2 Å². The average Bonchev–Trinajstić information content (AvgIpc) is 1.84. The van der Waals surface area contributed by atoms with Crippen LogP contribution >= 0.6 is 0 Å². The molecule has 64 valence electrons. The van der Waals surface area contributed by atoms with Gasteiger partial charge in [0.05, 0.1) is 0 Å². The zero-order chi connectivity index (χ0) is 8.27. The van der Waals surface area contributed by atoms with E-state index < -0.39 is 0 Å². The van der Waals surface area contributed by atoms with Crippen LogP contribution in [0.25, 0.3) is 0 Å². The molecule has 0 saturated heterocycles. The van der Waals surface area contributed by atoms with Gasteiger partial charge >= 0.3 is 0 Å². The molecular formula is C9H17NO. The molecule has 1 rings (SSSR count). The lowest BCUT2D eigenvalue weighted by molar-refractivity contribution is -0.128. The molecule has 1 unspecified atom stereocenters. The van der Waals surface area contributed by atoms with Gasteiger partial charge in [0.1, 0.15) is 5.78 Å². The van der Waals surface area contributed by atoms with E-state index in [1.807, 2.05) is 14.0 Å².